The Bertz CT molecular complexity index is 482. The molecule has 0 aliphatic carbocycles. The topological polar surface area (TPSA) is 62.5 Å². The van der Waals surface area contributed by atoms with Gasteiger partial charge in [-0.2, -0.15) is 5.10 Å². The first-order valence-corrected chi connectivity index (χ1v) is 5.92. The second kappa shape index (κ2) is 4.71. The van der Waals surface area contributed by atoms with Crippen LogP contribution in [0.2, 0.25) is 0 Å². The van der Waals surface area contributed by atoms with E-state index >= 15 is 0 Å². The molecule has 0 unspecified atom stereocenters. The zero-order valence-corrected chi connectivity index (χ0v) is 10.2. The Kier molecular flexibility index (Phi) is 3.28. The van der Waals surface area contributed by atoms with E-state index in [2.05, 4.69) is 29.2 Å². The van der Waals surface area contributed by atoms with Crippen LogP contribution >= 0.6 is 0 Å². The predicted molar refractivity (Wildman–Crippen MR) is 67.0 cm³/mol. The molecule has 2 N–H and O–H groups in total. The Morgan fingerprint density at radius 1 is 1.35 bits per heavy atom. The van der Waals surface area contributed by atoms with Gasteiger partial charge in [-0.05, 0) is 18.9 Å². The molecule has 0 atom stereocenters. The van der Waals surface area contributed by atoms with Gasteiger partial charge in [-0.3, -0.25) is 0 Å². The number of aliphatic hydroxyl groups excluding tert-OH is 1. The van der Waals surface area contributed by atoms with Gasteiger partial charge in [-0.25, -0.2) is 9.50 Å². The monoisotopic (exact) mass is 234 g/mol. The number of aliphatic hydroxyl groups is 1. The van der Waals surface area contributed by atoms with Crippen molar-refractivity contribution >= 4 is 11.5 Å². The second-order valence-corrected chi connectivity index (χ2v) is 4.22. The maximum Gasteiger partial charge on any atom is 0.157 e. The van der Waals surface area contributed by atoms with Crippen molar-refractivity contribution in [1.29, 1.82) is 0 Å². The van der Waals surface area contributed by atoms with Gasteiger partial charge >= 0.3 is 0 Å². The van der Waals surface area contributed by atoms with Crippen molar-refractivity contribution in [2.75, 3.05) is 11.9 Å². The molecule has 0 radical (unpaired) electrons. The maximum absolute atomic E-state index is 9.50. The van der Waals surface area contributed by atoms with Gasteiger partial charge in [0.15, 0.2) is 5.65 Å². The minimum absolute atomic E-state index is 0.103. The highest BCUT2D eigenvalue weighted by atomic mass is 16.3. The third-order valence-corrected chi connectivity index (χ3v) is 3.31. The first-order chi connectivity index (χ1) is 8.23. The fraction of sp³-hybridized carbons (Fsp3) is 0.500. The maximum atomic E-state index is 9.50. The van der Waals surface area contributed by atoms with Gasteiger partial charge in [0.1, 0.15) is 5.82 Å². The number of hydrogen-bond acceptors (Lipinski definition) is 4. The Hall–Kier alpha value is -1.62. The molecular formula is C12H18N4O. The van der Waals surface area contributed by atoms with Crippen molar-refractivity contribution in [2.24, 2.45) is 0 Å². The van der Waals surface area contributed by atoms with E-state index < -0.39 is 0 Å². The van der Waals surface area contributed by atoms with Gasteiger partial charge < -0.3 is 10.4 Å². The highest BCUT2D eigenvalue weighted by Crippen LogP contribution is 2.20. The molecule has 0 saturated carbocycles. The Labute approximate surface area is 100 Å². The average molecular weight is 234 g/mol. The summed E-state index contributed by atoms with van der Waals surface area (Å²) in [7, 11) is 0. The lowest BCUT2D eigenvalue weighted by atomic mass is 9.94. The van der Waals surface area contributed by atoms with Gasteiger partial charge in [0, 0.05) is 12.3 Å². The molecule has 0 fully saturated rings. The van der Waals surface area contributed by atoms with Crippen LogP contribution in [0.1, 0.15) is 26.7 Å². The number of nitrogens with one attached hydrogen (secondary N) is 1. The number of fused-ring (bicyclic) bond motifs is 1. The fourth-order valence-electron chi connectivity index (χ4n) is 1.84. The summed E-state index contributed by atoms with van der Waals surface area (Å²) in [6.07, 6.45) is 5.28. The van der Waals surface area contributed by atoms with Crippen LogP contribution in [0.3, 0.4) is 0 Å². The molecule has 2 heterocycles. The van der Waals surface area contributed by atoms with Crippen molar-refractivity contribution < 1.29 is 5.11 Å². The standard InChI is InChI=1S/C12H18N4O/c1-3-12(4-2,9-17)15-10-6-8-16-11(14-10)5-7-13-16/h5-8,17H,3-4,9H2,1-2H3,(H,14,15). The van der Waals surface area contributed by atoms with Crippen LogP contribution in [-0.2, 0) is 0 Å². The molecule has 2 aromatic heterocycles. The van der Waals surface area contributed by atoms with E-state index in [0.29, 0.717) is 0 Å². The Balaban J connectivity index is 2.27. The predicted octanol–water partition coefficient (Wildman–Crippen LogP) is 1.69. The number of aromatic nitrogens is 3. The third kappa shape index (κ3) is 2.24. The smallest absolute Gasteiger partial charge is 0.157 e. The first-order valence-electron chi connectivity index (χ1n) is 5.92. The molecule has 92 valence electrons. The van der Waals surface area contributed by atoms with E-state index in [1.807, 2.05) is 18.3 Å². The minimum Gasteiger partial charge on any atom is -0.394 e. The number of hydrogen-bond donors (Lipinski definition) is 2. The van der Waals surface area contributed by atoms with E-state index in [1.54, 1.807) is 10.7 Å². The summed E-state index contributed by atoms with van der Waals surface area (Å²) in [5, 5.41) is 16.9. The van der Waals surface area contributed by atoms with Crippen molar-refractivity contribution in [3.05, 3.63) is 24.5 Å². The molecule has 0 bridgehead atoms. The van der Waals surface area contributed by atoms with Crippen LogP contribution in [0.15, 0.2) is 24.5 Å². The van der Waals surface area contributed by atoms with Crippen LogP contribution in [0.4, 0.5) is 5.82 Å². The number of anilines is 1. The minimum atomic E-state index is -0.286. The average Bonchev–Trinajstić information content (AvgIpc) is 2.83. The van der Waals surface area contributed by atoms with Crippen LogP contribution in [0, 0.1) is 0 Å². The summed E-state index contributed by atoms with van der Waals surface area (Å²) >= 11 is 0. The highest BCUT2D eigenvalue weighted by molar-refractivity contribution is 5.46. The van der Waals surface area contributed by atoms with E-state index in [1.165, 1.54) is 0 Å². The second-order valence-electron chi connectivity index (χ2n) is 4.22. The zero-order chi connectivity index (χ0) is 12.3. The molecule has 0 aliphatic rings. The van der Waals surface area contributed by atoms with Crippen LogP contribution < -0.4 is 5.32 Å². The molecule has 0 spiro atoms. The van der Waals surface area contributed by atoms with E-state index in [9.17, 15) is 5.11 Å². The summed E-state index contributed by atoms with van der Waals surface area (Å²) in [6.45, 7) is 4.22. The summed E-state index contributed by atoms with van der Waals surface area (Å²) in [4.78, 5) is 4.44. The molecule has 2 aromatic rings. The molecule has 0 amide bonds. The lowest BCUT2D eigenvalue weighted by Gasteiger charge is -2.31. The molecule has 0 saturated heterocycles. The third-order valence-electron chi connectivity index (χ3n) is 3.31. The largest absolute Gasteiger partial charge is 0.394 e. The zero-order valence-electron chi connectivity index (χ0n) is 10.2. The van der Waals surface area contributed by atoms with Gasteiger partial charge in [-0.1, -0.05) is 13.8 Å². The Morgan fingerprint density at radius 3 is 2.76 bits per heavy atom. The van der Waals surface area contributed by atoms with Gasteiger partial charge in [0.2, 0.25) is 0 Å². The van der Waals surface area contributed by atoms with Crippen molar-refractivity contribution in [2.45, 2.75) is 32.2 Å². The molecule has 0 aliphatic heterocycles. The highest BCUT2D eigenvalue weighted by Gasteiger charge is 2.25. The SMILES string of the molecule is CCC(CC)(CO)Nc1ccn2nccc2n1. The normalized spacial score (nSPS) is 11.9. The summed E-state index contributed by atoms with van der Waals surface area (Å²) in [6, 6.07) is 3.72. The molecule has 5 heteroatoms. The van der Waals surface area contributed by atoms with Gasteiger partial charge in [-0.15, -0.1) is 0 Å². The quantitative estimate of drug-likeness (QED) is 0.826. The van der Waals surface area contributed by atoms with E-state index in [-0.39, 0.29) is 12.1 Å². The molecule has 17 heavy (non-hydrogen) atoms. The number of rotatable bonds is 5. The van der Waals surface area contributed by atoms with Gasteiger partial charge in [0.25, 0.3) is 0 Å². The lowest BCUT2D eigenvalue weighted by Crippen LogP contribution is -2.41. The molecule has 5 nitrogen and oxygen atoms in total. The summed E-state index contributed by atoms with van der Waals surface area (Å²) in [5.74, 6) is 0.774. The van der Waals surface area contributed by atoms with Crippen LogP contribution in [0.5, 0.6) is 0 Å². The molecule has 2 rings (SSSR count). The van der Waals surface area contributed by atoms with E-state index in [0.717, 1.165) is 24.3 Å². The summed E-state index contributed by atoms with van der Waals surface area (Å²) in [5.41, 5.74) is 0.514. The Morgan fingerprint density at radius 2 is 2.12 bits per heavy atom. The fourth-order valence-corrected chi connectivity index (χ4v) is 1.84. The lowest BCUT2D eigenvalue weighted by molar-refractivity contribution is 0.202. The van der Waals surface area contributed by atoms with Crippen LogP contribution in [-0.4, -0.2) is 31.9 Å². The summed E-state index contributed by atoms with van der Waals surface area (Å²) < 4.78 is 1.71. The molecular weight excluding hydrogens is 216 g/mol. The van der Waals surface area contributed by atoms with Crippen molar-refractivity contribution in [3.63, 3.8) is 0 Å². The first kappa shape index (κ1) is 11.9. The van der Waals surface area contributed by atoms with Crippen LogP contribution in [0.25, 0.3) is 5.65 Å². The molecule has 0 aromatic carbocycles. The van der Waals surface area contributed by atoms with Crippen molar-refractivity contribution in [3.8, 4) is 0 Å². The van der Waals surface area contributed by atoms with Gasteiger partial charge in [0.05, 0.1) is 18.3 Å². The van der Waals surface area contributed by atoms with Crippen molar-refractivity contribution in [1.82, 2.24) is 14.6 Å². The number of nitrogens with zero attached hydrogens (tertiary/aromatic N) is 3. The van der Waals surface area contributed by atoms with E-state index in [4.69, 9.17) is 0 Å².